The van der Waals surface area contributed by atoms with Gasteiger partial charge < -0.3 is 13.9 Å². The molecule has 0 spiro atoms. The Morgan fingerprint density at radius 1 is 0.349 bits per heavy atom. The molecule has 0 atom stereocenters. The van der Waals surface area contributed by atoms with Crippen molar-refractivity contribution < 1.29 is 4.74 Å². The molecule has 43 heavy (non-hydrogen) atoms. The number of aromatic nitrogens is 2. The van der Waals surface area contributed by atoms with Gasteiger partial charge in [0.25, 0.3) is 0 Å². The van der Waals surface area contributed by atoms with Crippen LogP contribution in [0.2, 0.25) is 0 Å². The predicted molar refractivity (Wildman–Crippen MR) is 185 cm³/mol. The van der Waals surface area contributed by atoms with Crippen molar-refractivity contribution in [3.05, 3.63) is 143 Å². The number of hydrogen-bond acceptors (Lipinski definition) is 5. The van der Waals surface area contributed by atoms with Gasteiger partial charge in [0.05, 0.1) is 42.3 Å². The molecule has 0 aliphatic heterocycles. The zero-order valence-corrected chi connectivity index (χ0v) is 26.1. The van der Waals surface area contributed by atoms with E-state index in [1.165, 1.54) is 42.3 Å². The van der Waals surface area contributed by atoms with Gasteiger partial charge in [-0.05, 0) is 119 Å². The Kier molecular flexibility index (Phi) is 6.93. The SMILES string of the molecule is c1csc(-c2ccc(-c3cccs3)n2-c2ccc(Oc3ccc(-n4c(-c5cccs5)ccc4-c4cccs4)cc3)cc2)c1. The summed E-state index contributed by atoms with van der Waals surface area (Å²) in [5, 5.41) is 8.51. The predicted octanol–water partition coefficient (Wildman–Crippen LogP) is 12.0. The molecule has 8 rings (SSSR count). The summed E-state index contributed by atoms with van der Waals surface area (Å²) in [6.45, 7) is 0. The summed E-state index contributed by atoms with van der Waals surface area (Å²) in [5.41, 5.74) is 6.98. The van der Waals surface area contributed by atoms with E-state index in [0.717, 1.165) is 22.9 Å². The van der Waals surface area contributed by atoms with Gasteiger partial charge in [-0.1, -0.05) is 24.3 Å². The summed E-state index contributed by atoms with van der Waals surface area (Å²) in [6, 6.07) is 42.7. The fourth-order valence-electron chi connectivity index (χ4n) is 5.36. The minimum atomic E-state index is 0.804. The van der Waals surface area contributed by atoms with Crippen LogP contribution in [0.5, 0.6) is 11.5 Å². The highest BCUT2D eigenvalue weighted by molar-refractivity contribution is 7.14. The molecule has 2 aromatic carbocycles. The molecule has 208 valence electrons. The van der Waals surface area contributed by atoms with Gasteiger partial charge in [-0.3, -0.25) is 0 Å². The first kappa shape index (κ1) is 26.2. The van der Waals surface area contributed by atoms with Gasteiger partial charge >= 0.3 is 0 Å². The maximum Gasteiger partial charge on any atom is 0.127 e. The molecule has 6 heterocycles. The average molecular weight is 629 g/mol. The monoisotopic (exact) mass is 628 g/mol. The molecular weight excluding hydrogens is 605 g/mol. The van der Waals surface area contributed by atoms with Crippen LogP contribution < -0.4 is 4.74 Å². The highest BCUT2D eigenvalue weighted by atomic mass is 32.1. The van der Waals surface area contributed by atoms with E-state index in [4.69, 9.17) is 4.74 Å². The third kappa shape index (κ3) is 5.00. The van der Waals surface area contributed by atoms with Crippen LogP contribution in [0.25, 0.3) is 53.7 Å². The van der Waals surface area contributed by atoms with Crippen LogP contribution in [0.4, 0.5) is 0 Å². The zero-order chi connectivity index (χ0) is 28.6. The molecule has 7 heteroatoms. The molecule has 0 N–H and O–H groups in total. The standard InChI is InChI=1S/C36H24N2OS4/c1-5-33(40-21-1)29-17-18-30(34-6-2-22-41-34)37(29)25-9-13-27(14-10-25)39-28-15-11-26(12-16-28)38-31(35-7-3-23-42-35)19-20-32(38)36-8-4-24-43-36/h1-24H. The summed E-state index contributed by atoms with van der Waals surface area (Å²) in [6.07, 6.45) is 0. The minimum absolute atomic E-state index is 0.804. The van der Waals surface area contributed by atoms with Gasteiger partial charge in [-0.15, -0.1) is 45.3 Å². The first-order valence-corrected chi connectivity index (χ1v) is 17.3. The molecule has 3 nitrogen and oxygen atoms in total. The van der Waals surface area contributed by atoms with Crippen molar-refractivity contribution in [2.75, 3.05) is 0 Å². The largest absolute Gasteiger partial charge is 0.457 e. The fourth-order valence-corrected chi connectivity index (χ4v) is 8.32. The van der Waals surface area contributed by atoms with Gasteiger partial charge in [0, 0.05) is 11.4 Å². The lowest BCUT2D eigenvalue weighted by Gasteiger charge is -2.15. The molecule has 0 saturated carbocycles. The first-order chi connectivity index (χ1) is 21.3. The van der Waals surface area contributed by atoms with Gasteiger partial charge in [0.1, 0.15) is 11.5 Å². The molecule has 0 unspecified atom stereocenters. The third-order valence-corrected chi connectivity index (χ3v) is 10.9. The number of nitrogens with zero attached hydrogens (tertiary/aromatic N) is 2. The van der Waals surface area contributed by atoms with E-state index in [0.29, 0.717) is 0 Å². The van der Waals surface area contributed by atoms with Crippen molar-refractivity contribution in [1.82, 2.24) is 9.13 Å². The highest BCUT2D eigenvalue weighted by Gasteiger charge is 2.17. The molecule has 0 fully saturated rings. The van der Waals surface area contributed by atoms with E-state index >= 15 is 0 Å². The quantitative estimate of drug-likeness (QED) is 0.164. The Morgan fingerprint density at radius 2 is 0.651 bits per heavy atom. The Bertz CT molecular complexity index is 1810. The zero-order valence-electron chi connectivity index (χ0n) is 22.8. The highest BCUT2D eigenvalue weighted by Crippen LogP contribution is 2.38. The van der Waals surface area contributed by atoms with Crippen LogP contribution in [-0.4, -0.2) is 9.13 Å². The van der Waals surface area contributed by atoms with Gasteiger partial charge in [-0.25, -0.2) is 0 Å². The Morgan fingerprint density at radius 3 is 0.907 bits per heavy atom. The molecule has 0 radical (unpaired) electrons. The first-order valence-electron chi connectivity index (χ1n) is 13.8. The van der Waals surface area contributed by atoms with E-state index in [2.05, 4.69) is 152 Å². The second-order valence-electron chi connectivity index (χ2n) is 9.88. The molecule has 8 aromatic rings. The Labute approximate surface area is 265 Å². The van der Waals surface area contributed by atoms with Crippen LogP contribution in [0.15, 0.2) is 143 Å². The lowest BCUT2D eigenvalue weighted by atomic mass is 10.2. The van der Waals surface area contributed by atoms with Crippen molar-refractivity contribution >= 4 is 45.3 Å². The normalized spacial score (nSPS) is 11.3. The summed E-state index contributed by atoms with van der Waals surface area (Å²) < 4.78 is 11.0. The number of ether oxygens (including phenoxy) is 1. The molecule has 0 amide bonds. The van der Waals surface area contributed by atoms with E-state index in [1.54, 1.807) is 45.3 Å². The molecule has 0 saturated heterocycles. The summed E-state index contributed by atoms with van der Waals surface area (Å²) in [5.74, 6) is 1.61. The smallest absolute Gasteiger partial charge is 0.127 e. The van der Waals surface area contributed by atoms with Crippen LogP contribution in [0, 0.1) is 0 Å². The van der Waals surface area contributed by atoms with E-state index < -0.39 is 0 Å². The summed E-state index contributed by atoms with van der Waals surface area (Å²) >= 11 is 7.03. The number of benzene rings is 2. The van der Waals surface area contributed by atoms with E-state index in [9.17, 15) is 0 Å². The lowest BCUT2D eigenvalue weighted by Crippen LogP contribution is -1.98. The second-order valence-corrected chi connectivity index (χ2v) is 13.7. The van der Waals surface area contributed by atoms with Crippen LogP contribution in [-0.2, 0) is 0 Å². The number of thiophene rings is 4. The van der Waals surface area contributed by atoms with Gasteiger partial charge in [-0.2, -0.15) is 0 Å². The molecule has 6 aromatic heterocycles. The number of hydrogen-bond donors (Lipinski definition) is 0. The Hall–Kier alpha value is -4.40. The molecule has 0 bridgehead atoms. The molecule has 0 aliphatic carbocycles. The van der Waals surface area contributed by atoms with Gasteiger partial charge in [0.15, 0.2) is 0 Å². The fraction of sp³-hybridized carbons (Fsp3) is 0. The third-order valence-electron chi connectivity index (χ3n) is 7.28. The second kappa shape index (κ2) is 11.4. The maximum atomic E-state index is 6.32. The molecule has 0 aliphatic rings. The van der Waals surface area contributed by atoms with Crippen molar-refractivity contribution in [3.8, 4) is 65.2 Å². The van der Waals surface area contributed by atoms with Crippen LogP contribution in [0.3, 0.4) is 0 Å². The summed E-state index contributed by atoms with van der Waals surface area (Å²) in [7, 11) is 0. The van der Waals surface area contributed by atoms with Crippen molar-refractivity contribution in [2.24, 2.45) is 0 Å². The van der Waals surface area contributed by atoms with E-state index in [-0.39, 0.29) is 0 Å². The van der Waals surface area contributed by atoms with Crippen molar-refractivity contribution in [3.63, 3.8) is 0 Å². The van der Waals surface area contributed by atoms with E-state index in [1.807, 2.05) is 0 Å². The average Bonchev–Trinajstić information content (AvgIpc) is 3.89. The van der Waals surface area contributed by atoms with Crippen LogP contribution in [0.1, 0.15) is 0 Å². The lowest BCUT2D eigenvalue weighted by molar-refractivity contribution is 0.482. The Balaban J connectivity index is 1.09. The summed E-state index contributed by atoms with van der Waals surface area (Å²) in [4.78, 5) is 4.98. The van der Waals surface area contributed by atoms with Crippen molar-refractivity contribution in [1.29, 1.82) is 0 Å². The topological polar surface area (TPSA) is 19.1 Å². The maximum absolute atomic E-state index is 6.32. The minimum Gasteiger partial charge on any atom is -0.457 e. The van der Waals surface area contributed by atoms with Crippen LogP contribution >= 0.6 is 45.3 Å². The van der Waals surface area contributed by atoms with Crippen molar-refractivity contribution in [2.45, 2.75) is 0 Å². The van der Waals surface area contributed by atoms with Gasteiger partial charge in [0.2, 0.25) is 0 Å². The molecular formula is C36H24N2OS4. The number of rotatable bonds is 8.